The van der Waals surface area contributed by atoms with Gasteiger partial charge in [0.2, 0.25) is 0 Å². The zero-order valence-corrected chi connectivity index (χ0v) is 16.6. The third kappa shape index (κ3) is 3.25. The van der Waals surface area contributed by atoms with E-state index >= 15 is 0 Å². The van der Waals surface area contributed by atoms with E-state index in [1.807, 2.05) is 48.5 Å². The number of aromatic nitrogens is 3. The van der Waals surface area contributed by atoms with Gasteiger partial charge < -0.3 is 20.6 Å². The van der Waals surface area contributed by atoms with Gasteiger partial charge in [-0.25, -0.2) is 4.79 Å². The quantitative estimate of drug-likeness (QED) is 0.448. The van der Waals surface area contributed by atoms with Crippen molar-refractivity contribution in [3.63, 3.8) is 0 Å². The summed E-state index contributed by atoms with van der Waals surface area (Å²) in [4.78, 5) is 36.2. The Morgan fingerprint density at radius 2 is 1.57 bits per heavy atom. The van der Waals surface area contributed by atoms with Gasteiger partial charge in [-0.05, 0) is 30.3 Å². The molecule has 0 aliphatic carbocycles. The van der Waals surface area contributed by atoms with E-state index in [1.165, 1.54) is 10.3 Å². The maximum Gasteiger partial charge on any atom is 0.328 e. The van der Waals surface area contributed by atoms with Gasteiger partial charge in [-0.1, -0.05) is 18.2 Å². The van der Waals surface area contributed by atoms with Gasteiger partial charge in [0.1, 0.15) is 5.52 Å². The van der Waals surface area contributed by atoms with Gasteiger partial charge in [-0.15, -0.1) is 0 Å². The first-order chi connectivity index (χ1) is 14.6. The number of para-hydroxylation sites is 1. The standard InChI is InChI=1S/C22H24N6O2/c23-15-5-7-16(8-6-15)27-12-9-26(10-13-27)11-14-28-21(29)20-19(25-22(28)30)17-3-1-2-4-18(17)24-20/h1-8,24H,9-14,23H2,(H,25,30). The zero-order valence-electron chi connectivity index (χ0n) is 16.6. The van der Waals surface area contributed by atoms with Gasteiger partial charge in [0.05, 0.1) is 5.52 Å². The summed E-state index contributed by atoms with van der Waals surface area (Å²) in [6.07, 6.45) is 0. The predicted molar refractivity (Wildman–Crippen MR) is 120 cm³/mol. The summed E-state index contributed by atoms with van der Waals surface area (Å²) in [5, 5.41) is 0.854. The van der Waals surface area contributed by atoms with Crippen LogP contribution in [0.15, 0.2) is 58.1 Å². The lowest BCUT2D eigenvalue weighted by Gasteiger charge is -2.36. The number of H-pyrrole nitrogens is 2. The molecule has 2 aromatic carbocycles. The van der Waals surface area contributed by atoms with Crippen molar-refractivity contribution < 1.29 is 0 Å². The van der Waals surface area contributed by atoms with Crippen LogP contribution in [0.4, 0.5) is 11.4 Å². The van der Waals surface area contributed by atoms with Crippen LogP contribution in [0, 0.1) is 0 Å². The molecule has 0 radical (unpaired) electrons. The minimum absolute atomic E-state index is 0.273. The molecule has 1 fully saturated rings. The number of rotatable bonds is 4. The maximum absolute atomic E-state index is 12.9. The first-order valence-electron chi connectivity index (χ1n) is 10.2. The fraction of sp³-hybridized carbons (Fsp3) is 0.273. The molecule has 0 unspecified atom stereocenters. The average Bonchev–Trinajstić information content (AvgIpc) is 3.13. The lowest BCUT2D eigenvalue weighted by molar-refractivity contribution is 0.246. The van der Waals surface area contributed by atoms with E-state index in [2.05, 4.69) is 19.8 Å². The third-order valence-corrected chi connectivity index (χ3v) is 5.91. The predicted octanol–water partition coefficient (Wildman–Crippen LogP) is 1.58. The van der Waals surface area contributed by atoms with Crippen molar-refractivity contribution in [3.8, 4) is 0 Å². The van der Waals surface area contributed by atoms with Crippen molar-refractivity contribution >= 4 is 33.3 Å². The van der Waals surface area contributed by atoms with Crippen molar-refractivity contribution in [1.29, 1.82) is 0 Å². The van der Waals surface area contributed by atoms with Crippen LogP contribution >= 0.6 is 0 Å². The Kier molecular flexibility index (Phi) is 4.55. The molecule has 1 saturated heterocycles. The van der Waals surface area contributed by atoms with Gasteiger partial charge in [0, 0.05) is 61.5 Å². The second-order valence-electron chi connectivity index (χ2n) is 7.73. The summed E-state index contributed by atoms with van der Waals surface area (Å²) >= 11 is 0. The van der Waals surface area contributed by atoms with Crippen LogP contribution < -0.4 is 21.9 Å². The van der Waals surface area contributed by atoms with E-state index in [9.17, 15) is 9.59 Å². The van der Waals surface area contributed by atoms with Crippen molar-refractivity contribution in [1.82, 2.24) is 19.4 Å². The van der Waals surface area contributed by atoms with Crippen molar-refractivity contribution in [2.24, 2.45) is 0 Å². The van der Waals surface area contributed by atoms with Crippen LogP contribution in [0.3, 0.4) is 0 Å². The molecular formula is C22H24N6O2. The molecule has 154 valence electrons. The molecule has 4 aromatic rings. The molecule has 30 heavy (non-hydrogen) atoms. The molecule has 3 heterocycles. The number of nitrogens with zero attached hydrogens (tertiary/aromatic N) is 3. The van der Waals surface area contributed by atoms with Gasteiger partial charge in [-0.2, -0.15) is 0 Å². The lowest BCUT2D eigenvalue weighted by atomic mass is 10.2. The molecule has 0 atom stereocenters. The maximum atomic E-state index is 12.9. The highest BCUT2D eigenvalue weighted by atomic mass is 16.2. The van der Waals surface area contributed by atoms with E-state index in [0.717, 1.165) is 42.8 Å². The Labute approximate surface area is 172 Å². The van der Waals surface area contributed by atoms with E-state index in [4.69, 9.17) is 5.73 Å². The van der Waals surface area contributed by atoms with Crippen LogP contribution in [0.2, 0.25) is 0 Å². The molecular weight excluding hydrogens is 380 g/mol. The Bertz CT molecular complexity index is 1310. The Morgan fingerprint density at radius 1 is 0.833 bits per heavy atom. The second-order valence-corrected chi connectivity index (χ2v) is 7.73. The molecule has 8 heteroatoms. The highest BCUT2D eigenvalue weighted by Crippen LogP contribution is 2.20. The number of fused-ring (bicyclic) bond motifs is 3. The molecule has 8 nitrogen and oxygen atoms in total. The molecule has 2 aromatic heterocycles. The Morgan fingerprint density at radius 3 is 2.33 bits per heavy atom. The fourth-order valence-electron chi connectivity index (χ4n) is 4.19. The van der Waals surface area contributed by atoms with Gasteiger partial charge in [0.15, 0.2) is 0 Å². The Hall–Kier alpha value is -3.52. The molecule has 5 rings (SSSR count). The molecule has 0 amide bonds. The first-order valence-corrected chi connectivity index (χ1v) is 10.2. The van der Waals surface area contributed by atoms with Crippen LogP contribution in [-0.4, -0.2) is 52.2 Å². The second kappa shape index (κ2) is 7.38. The van der Waals surface area contributed by atoms with Gasteiger partial charge >= 0.3 is 5.69 Å². The summed E-state index contributed by atoms with van der Waals surface area (Å²) in [7, 11) is 0. The van der Waals surface area contributed by atoms with Crippen molar-refractivity contribution in [2.75, 3.05) is 43.4 Å². The summed E-state index contributed by atoms with van der Waals surface area (Å²) in [5.41, 5.74) is 8.93. The van der Waals surface area contributed by atoms with E-state index in [0.29, 0.717) is 24.1 Å². The molecule has 1 aliphatic heterocycles. The molecule has 0 bridgehead atoms. The SMILES string of the molecule is Nc1ccc(N2CCN(CCn3c(=O)[nH]c4c([nH]c5ccccc54)c3=O)CC2)cc1. The molecule has 0 saturated carbocycles. The number of nitrogens with one attached hydrogen (secondary N) is 2. The number of aromatic amines is 2. The van der Waals surface area contributed by atoms with Gasteiger partial charge in [-0.3, -0.25) is 14.3 Å². The third-order valence-electron chi connectivity index (χ3n) is 5.91. The number of hydrogen-bond donors (Lipinski definition) is 3. The average molecular weight is 404 g/mol. The van der Waals surface area contributed by atoms with Crippen LogP contribution in [-0.2, 0) is 6.54 Å². The van der Waals surface area contributed by atoms with Crippen LogP contribution in [0.1, 0.15) is 0 Å². The fourth-order valence-corrected chi connectivity index (χ4v) is 4.19. The number of anilines is 2. The van der Waals surface area contributed by atoms with E-state index in [-0.39, 0.29) is 11.2 Å². The van der Waals surface area contributed by atoms with Crippen LogP contribution in [0.25, 0.3) is 21.9 Å². The van der Waals surface area contributed by atoms with E-state index < -0.39 is 0 Å². The lowest BCUT2D eigenvalue weighted by Crippen LogP contribution is -2.48. The van der Waals surface area contributed by atoms with E-state index in [1.54, 1.807) is 0 Å². The summed E-state index contributed by atoms with van der Waals surface area (Å²) < 4.78 is 1.30. The molecule has 4 N–H and O–H groups in total. The summed E-state index contributed by atoms with van der Waals surface area (Å²) in [6.45, 7) is 4.58. The summed E-state index contributed by atoms with van der Waals surface area (Å²) in [5.74, 6) is 0. The first kappa shape index (κ1) is 18.5. The topological polar surface area (TPSA) is 103 Å². The smallest absolute Gasteiger partial charge is 0.328 e. The number of piperazine rings is 1. The van der Waals surface area contributed by atoms with Crippen molar-refractivity contribution in [3.05, 3.63) is 69.4 Å². The zero-order chi connectivity index (χ0) is 20.7. The highest BCUT2D eigenvalue weighted by molar-refractivity contribution is 6.04. The van der Waals surface area contributed by atoms with Crippen molar-refractivity contribution in [2.45, 2.75) is 6.54 Å². The number of nitrogen functional groups attached to an aromatic ring is 1. The number of benzene rings is 2. The highest BCUT2D eigenvalue weighted by Gasteiger charge is 2.18. The number of nitrogens with two attached hydrogens (primary N) is 1. The minimum Gasteiger partial charge on any atom is -0.399 e. The summed E-state index contributed by atoms with van der Waals surface area (Å²) in [6, 6.07) is 15.5. The molecule has 1 aliphatic rings. The monoisotopic (exact) mass is 404 g/mol. The van der Waals surface area contributed by atoms with Gasteiger partial charge in [0.25, 0.3) is 5.56 Å². The Balaban J connectivity index is 1.30. The van der Waals surface area contributed by atoms with Crippen LogP contribution in [0.5, 0.6) is 0 Å². The normalized spacial score (nSPS) is 15.3. The number of hydrogen-bond acceptors (Lipinski definition) is 5. The minimum atomic E-state index is -0.363. The molecule has 0 spiro atoms. The largest absolute Gasteiger partial charge is 0.399 e.